The van der Waals surface area contributed by atoms with E-state index in [9.17, 15) is 49.2 Å². The zero-order valence-corrected chi connectivity index (χ0v) is 32.1. The van der Waals surface area contributed by atoms with E-state index in [4.69, 9.17) is 9.47 Å². The Morgan fingerprint density at radius 1 is 0.622 bits per heavy atom. The van der Waals surface area contributed by atoms with E-state index >= 15 is 0 Å². The predicted molar refractivity (Wildman–Crippen MR) is 144 cm³/mol. The third-order valence-electron chi connectivity index (χ3n) is 3.69. The van der Waals surface area contributed by atoms with Crippen molar-refractivity contribution in [2.75, 3.05) is 26.4 Å². The van der Waals surface area contributed by atoms with Gasteiger partial charge in [-0.1, -0.05) is 13.8 Å². The molecule has 0 atom stereocenters. The van der Waals surface area contributed by atoms with Crippen LogP contribution in [0.3, 0.4) is 0 Å². The van der Waals surface area contributed by atoms with E-state index in [0.29, 0.717) is 0 Å². The first-order chi connectivity index (χ1) is 19.1. The summed E-state index contributed by atoms with van der Waals surface area (Å²) >= 11 is 0. The molecule has 2 N–H and O–H groups in total. The van der Waals surface area contributed by atoms with E-state index in [1.807, 2.05) is 35.6 Å². The van der Waals surface area contributed by atoms with Gasteiger partial charge < -0.3 is 35.6 Å². The molecule has 0 aliphatic heterocycles. The molecule has 27 heteroatoms. The Hall–Kier alpha value is -0.334. The average molecular weight is 791 g/mol. The first kappa shape index (κ1) is 54.1. The zero-order valence-electron chi connectivity index (χ0n) is 24.9. The molecular weight excluding hydrogens is 755 g/mol. The van der Waals surface area contributed by atoms with Crippen molar-refractivity contribution in [3.05, 3.63) is 45.7 Å². The van der Waals surface area contributed by atoms with Crippen LogP contribution in [0.4, 0.5) is 15.5 Å². The van der Waals surface area contributed by atoms with Crippen LogP contribution in [0.5, 0.6) is 0 Å². The van der Waals surface area contributed by atoms with Crippen molar-refractivity contribution >= 4 is 41.6 Å². The van der Waals surface area contributed by atoms with Crippen molar-refractivity contribution in [3.63, 3.8) is 0 Å². The maximum atomic E-state index is 11.1. The molecule has 0 bridgehead atoms. The number of hydrogen-bond donors (Lipinski definition) is 0. The summed E-state index contributed by atoms with van der Waals surface area (Å²) in [5, 5.41) is 0. The Morgan fingerprint density at radius 2 is 0.889 bits per heavy atom. The molecule has 0 aromatic carbocycles. The van der Waals surface area contributed by atoms with Gasteiger partial charge in [0, 0.05) is 13.2 Å². The van der Waals surface area contributed by atoms with Crippen molar-refractivity contribution in [2.24, 2.45) is 14.1 Å². The maximum Gasteiger partial charge on any atom is 1.00 e. The number of rotatable bonds is 14. The van der Waals surface area contributed by atoms with E-state index in [-0.39, 0.29) is 69.3 Å². The molecule has 2 aromatic rings. The van der Waals surface area contributed by atoms with E-state index in [1.165, 1.54) is 0 Å². The number of nitrogens with zero attached hydrogens (tertiary/aromatic N) is 6. The van der Waals surface area contributed by atoms with E-state index in [2.05, 4.69) is 48.0 Å². The van der Waals surface area contributed by atoms with Gasteiger partial charge in [-0.15, -0.1) is 15.5 Å². The van der Waals surface area contributed by atoms with Crippen LogP contribution in [-0.4, -0.2) is 74.7 Å². The van der Waals surface area contributed by atoms with Crippen LogP contribution in [0.1, 0.15) is 26.7 Å². The van der Waals surface area contributed by atoms with Gasteiger partial charge in [0.1, 0.15) is 37.9 Å². The van der Waals surface area contributed by atoms with Crippen LogP contribution in [0.15, 0.2) is 37.4 Å². The van der Waals surface area contributed by atoms with Crippen LogP contribution in [0.25, 0.3) is 8.25 Å². The molecule has 0 saturated carbocycles. The molecule has 264 valence electrons. The molecule has 45 heavy (non-hydrogen) atoms. The second kappa shape index (κ2) is 27.6. The molecule has 2 aromatic heterocycles. The summed E-state index contributed by atoms with van der Waals surface area (Å²) in [4.78, 5) is 0. The normalized spacial score (nSPS) is 11.0. The van der Waals surface area contributed by atoms with Gasteiger partial charge in [-0.2, -0.15) is 0 Å². The Labute approximate surface area is 310 Å². The minimum atomic E-state index is -5.62. The number of ether oxygens (including phenoxy) is 2. The monoisotopic (exact) mass is 790 g/mol. The molecule has 17 nitrogen and oxygen atoms in total. The number of aryl methyl sites for hydroxylation is 2. The van der Waals surface area contributed by atoms with E-state index in [1.54, 1.807) is 0 Å². The molecule has 0 aliphatic carbocycles. The maximum absolute atomic E-state index is 11.1. The molecule has 0 spiro atoms. The van der Waals surface area contributed by atoms with Crippen molar-refractivity contribution in [1.29, 1.82) is 0 Å². The largest absolute Gasteiger partial charge is 1.00 e. The number of imidazole rings is 2. The van der Waals surface area contributed by atoms with Crippen molar-refractivity contribution in [3.8, 4) is 0 Å². The molecule has 0 radical (unpaired) electrons. The first-order valence-electron chi connectivity index (χ1n) is 11.5. The van der Waals surface area contributed by atoms with Gasteiger partial charge in [0.25, 0.3) is 0 Å². The second-order valence-electron chi connectivity index (χ2n) is 7.66. The van der Waals surface area contributed by atoms with Gasteiger partial charge in [-0.05, 0) is 12.8 Å². The zero-order chi connectivity index (χ0) is 33.0. The number of aromatic nitrogens is 4. The fourth-order valence-corrected chi connectivity index (χ4v) is 4.01. The Kier molecular flexibility index (Phi) is 33.2. The fraction of sp³-hybridized carbons (Fsp3) is 0.667. The molecule has 0 saturated heterocycles. The van der Waals surface area contributed by atoms with Gasteiger partial charge in [0.2, 0.25) is 54.3 Å². The van der Waals surface area contributed by atoms with Crippen molar-refractivity contribution in [1.82, 2.24) is 9.13 Å². The Balaban J connectivity index is -0.000000156. The van der Waals surface area contributed by atoms with Crippen LogP contribution >= 0.6 is 0 Å². The van der Waals surface area contributed by atoms with E-state index < -0.39 is 41.6 Å². The number of halogens is 5. The molecular formula is C18H36ClF4KN6O11S4. The van der Waals surface area contributed by atoms with Gasteiger partial charge in [0.05, 0.1) is 27.3 Å². The second-order valence-corrected chi connectivity index (χ2v) is 12.1. The topological polar surface area (TPSA) is 232 Å². The SMILES string of the molecule is CCCOCCn1cc[n+](C)c1.CCCOCCn1cc[n+](C)c1.O.O=S(=O)(F)[N-]S(=O)(=O)F.O=S(=O)(F)[N-]S(=O)(=O)F.[Cl-].[K+]. The minimum absolute atomic E-state index is 0. The first-order valence-corrected chi connectivity index (χ1v) is 16.9. The molecule has 2 heterocycles. The summed E-state index contributed by atoms with van der Waals surface area (Å²) in [6.07, 6.45) is 14.5. The molecule has 0 fully saturated rings. The third kappa shape index (κ3) is 43.7. The summed E-state index contributed by atoms with van der Waals surface area (Å²) in [6, 6.07) is 0. The molecule has 0 unspecified atom stereocenters. The Morgan fingerprint density at radius 3 is 1.04 bits per heavy atom. The summed E-state index contributed by atoms with van der Waals surface area (Å²) in [5.41, 5.74) is 0. The van der Waals surface area contributed by atoms with Crippen LogP contribution in [-0.2, 0) is 78.3 Å². The summed E-state index contributed by atoms with van der Waals surface area (Å²) in [7, 11) is -18.4. The fourth-order valence-electron chi connectivity index (χ4n) is 2.31. The summed E-state index contributed by atoms with van der Waals surface area (Å²) < 4.78 is 139. The van der Waals surface area contributed by atoms with Gasteiger partial charge >= 0.3 is 51.4 Å². The summed E-state index contributed by atoms with van der Waals surface area (Å²) in [6.45, 7) is 9.48. The van der Waals surface area contributed by atoms with Crippen molar-refractivity contribution in [2.45, 2.75) is 39.8 Å². The van der Waals surface area contributed by atoms with Crippen LogP contribution in [0.2, 0.25) is 0 Å². The molecule has 2 rings (SSSR count). The van der Waals surface area contributed by atoms with Gasteiger partial charge in [0.15, 0.2) is 0 Å². The predicted octanol–water partition coefficient (Wildman–Crippen LogP) is -5.76. The third-order valence-corrected chi connectivity index (χ3v) is 6.54. The van der Waals surface area contributed by atoms with Crippen LogP contribution < -0.4 is 72.9 Å². The smallest absolute Gasteiger partial charge is 1.00 e. The average Bonchev–Trinajstić information content (AvgIpc) is 3.38. The quantitative estimate of drug-likeness (QED) is 0.0579. The Bertz CT molecular complexity index is 1300. The van der Waals surface area contributed by atoms with Crippen molar-refractivity contribution < 1.29 is 137 Å². The standard InChI is InChI=1S/2C9H17N2O.ClH.2F2NO4S2.K.H2O/c2*1-3-7-12-8-6-11-5-4-10(2)9-11;;2*1-8(4,5)3-9(2,6)7;;/h2*4-5,9H,3,6-8H2,1-2H3;1H;;;;1H2/q2*+1;;2*-1;+1;/p-1. The summed E-state index contributed by atoms with van der Waals surface area (Å²) in [5.74, 6) is 0. The van der Waals surface area contributed by atoms with E-state index in [0.717, 1.165) is 60.6 Å². The van der Waals surface area contributed by atoms with Crippen LogP contribution in [0, 0.1) is 0 Å². The number of hydrogen-bond acceptors (Lipinski definition) is 10. The molecule has 0 amide bonds. The minimum Gasteiger partial charge on any atom is -1.00 e. The molecule has 0 aliphatic rings. The van der Waals surface area contributed by atoms with Gasteiger partial charge in [-0.3, -0.25) is 0 Å². The van der Waals surface area contributed by atoms with Gasteiger partial charge in [-0.25, -0.2) is 51.9 Å².